The summed E-state index contributed by atoms with van der Waals surface area (Å²) in [5.74, 6) is 0.869. The molecule has 1 saturated carbocycles. The third kappa shape index (κ3) is 2.56. The Balaban J connectivity index is 2.04. The van der Waals surface area contributed by atoms with Gasteiger partial charge in [0.1, 0.15) is 0 Å². The van der Waals surface area contributed by atoms with E-state index in [-0.39, 0.29) is 5.54 Å². The largest absolute Gasteiger partial charge is 0.382 e. The summed E-state index contributed by atoms with van der Waals surface area (Å²) in [6.45, 7) is 5.44. The highest BCUT2D eigenvalue weighted by Crippen LogP contribution is 2.20. The minimum atomic E-state index is -0.210. The Labute approximate surface area is 95.4 Å². The summed E-state index contributed by atoms with van der Waals surface area (Å²) in [6, 6.07) is 0.663. The van der Waals surface area contributed by atoms with Crippen LogP contribution in [0.15, 0.2) is 0 Å². The van der Waals surface area contributed by atoms with Crippen LogP contribution in [0.3, 0.4) is 0 Å². The van der Waals surface area contributed by atoms with Gasteiger partial charge >= 0.3 is 0 Å². The normalized spacial score (nSPS) is 16.7. The summed E-state index contributed by atoms with van der Waals surface area (Å²) in [4.78, 5) is 0. The van der Waals surface area contributed by atoms with E-state index in [0.717, 1.165) is 12.4 Å². The molecule has 2 rings (SSSR count). The van der Waals surface area contributed by atoms with E-state index in [1.807, 2.05) is 4.68 Å². The van der Waals surface area contributed by atoms with Crippen LogP contribution in [0.2, 0.25) is 0 Å². The average molecular weight is 225 g/mol. The predicted molar refractivity (Wildman–Crippen MR) is 58.9 cm³/mol. The molecule has 1 aromatic heterocycles. The van der Waals surface area contributed by atoms with Crippen LogP contribution in [0.1, 0.15) is 32.5 Å². The number of ether oxygens (including phenoxy) is 1. The zero-order valence-corrected chi connectivity index (χ0v) is 10.1. The maximum Gasteiger partial charge on any atom is 0.165 e. The van der Waals surface area contributed by atoms with Gasteiger partial charge in [0.2, 0.25) is 0 Å². The molecule has 0 aliphatic heterocycles. The van der Waals surface area contributed by atoms with E-state index in [4.69, 9.17) is 4.74 Å². The molecule has 0 atom stereocenters. The number of hydrogen-bond acceptors (Lipinski definition) is 5. The fraction of sp³-hybridized carbons (Fsp3) is 0.900. The van der Waals surface area contributed by atoms with Gasteiger partial charge in [0.25, 0.3) is 0 Å². The van der Waals surface area contributed by atoms with E-state index in [1.165, 1.54) is 12.8 Å². The quantitative estimate of drug-likeness (QED) is 0.754. The van der Waals surface area contributed by atoms with Crippen LogP contribution in [0.4, 0.5) is 0 Å². The molecule has 1 aliphatic rings. The molecule has 0 saturated heterocycles. The van der Waals surface area contributed by atoms with E-state index >= 15 is 0 Å². The Bertz CT molecular complexity index is 345. The predicted octanol–water partition coefficient (Wildman–Crippen LogP) is 0.307. The zero-order chi connectivity index (χ0) is 11.6. The van der Waals surface area contributed by atoms with Gasteiger partial charge in [-0.25, -0.2) is 4.68 Å². The maximum atomic E-state index is 5.19. The number of aromatic nitrogens is 4. The standard InChI is InChI=1S/C10H19N5O/c1-10(2,7-16-3)15-9(12-13-14-15)6-11-8-4-5-8/h8,11H,4-7H2,1-3H3. The molecule has 0 aromatic carbocycles. The van der Waals surface area contributed by atoms with Crippen molar-refractivity contribution in [1.29, 1.82) is 0 Å². The van der Waals surface area contributed by atoms with Crippen molar-refractivity contribution in [2.24, 2.45) is 0 Å². The lowest BCUT2D eigenvalue weighted by Crippen LogP contribution is -2.35. The number of tetrazole rings is 1. The molecular weight excluding hydrogens is 206 g/mol. The molecule has 1 fully saturated rings. The molecule has 1 heterocycles. The second kappa shape index (κ2) is 4.47. The molecule has 1 N–H and O–H groups in total. The van der Waals surface area contributed by atoms with Crippen molar-refractivity contribution in [3.63, 3.8) is 0 Å². The van der Waals surface area contributed by atoms with Crippen LogP contribution in [0, 0.1) is 0 Å². The van der Waals surface area contributed by atoms with Crippen molar-refractivity contribution in [1.82, 2.24) is 25.5 Å². The fourth-order valence-corrected chi connectivity index (χ4v) is 1.72. The first-order chi connectivity index (χ1) is 7.63. The Hall–Kier alpha value is -1.01. The second-order valence-corrected chi connectivity index (χ2v) is 4.91. The van der Waals surface area contributed by atoms with Crippen LogP contribution in [0.5, 0.6) is 0 Å². The van der Waals surface area contributed by atoms with Gasteiger partial charge in [0.15, 0.2) is 5.82 Å². The summed E-state index contributed by atoms with van der Waals surface area (Å²) in [5, 5.41) is 15.2. The van der Waals surface area contributed by atoms with Crippen molar-refractivity contribution in [2.75, 3.05) is 13.7 Å². The fourth-order valence-electron chi connectivity index (χ4n) is 1.72. The van der Waals surface area contributed by atoms with Crippen molar-refractivity contribution < 1.29 is 4.74 Å². The van der Waals surface area contributed by atoms with Crippen molar-refractivity contribution in [3.05, 3.63) is 5.82 Å². The number of methoxy groups -OCH3 is 1. The van der Waals surface area contributed by atoms with Gasteiger partial charge < -0.3 is 10.1 Å². The third-order valence-electron chi connectivity index (χ3n) is 2.73. The molecule has 6 nitrogen and oxygen atoms in total. The molecule has 1 aromatic rings. The molecule has 6 heteroatoms. The third-order valence-corrected chi connectivity index (χ3v) is 2.73. The van der Waals surface area contributed by atoms with Gasteiger partial charge in [0.05, 0.1) is 18.7 Å². The molecule has 0 bridgehead atoms. The number of nitrogens with one attached hydrogen (secondary N) is 1. The summed E-state index contributed by atoms with van der Waals surface area (Å²) in [7, 11) is 1.69. The van der Waals surface area contributed by atoms with Crippen LogP contribution >= 0.6 is 0 Å². The van der Waals surface area contributed by atoms with E-state index in [9.17, 15) is 0 Å². The Kier molecular flexibility index (Phi) is 3.20. The van der Waals surface area contributed by atoms with Gasteiger partial charge in [-0.3, -0.25) is 0 Å². The zero-order valence-electron chi connectivity index (χ0n) is 10.1. The first-order valence-electron chi connectivity index (χ1n) is 5.63. The first-order valence-corrected chi connectivity index (χ1v) is 5.63. The Morgan fingerprint density at radius 1 is 1.50 bits per heavy atom. The average Bonchev–Trinajstić information content (AvgIpc) is 2.92. The monoisotopic (exact) mass is 225 g/mol. The lowest BCUT2D eigenvalue weighted by molar-refractivity contribution is 0.0975. The number of rotatable bonds is 6. The van der Waals surface area contributed by atoms with Crippen molar-refractivity contribution in [3.8, 4) is 0 Å². The summed E-state index contributed by atoms with van der Waals surface area (Å²) in [6.07, 6.45) is 2.53. The molecule has 0 spiro atoms. The second-order valence-electron chi connectivity index (χ2n) is 4.91. The summed E-state index contributed by atoms with van der Waals surface area (Å²) in [5.41, 5.74) is -0.210. The number of hydrogen-bond donors (Lipinski definition) is 1. The Morgan fingerprint density at radius 2 is 2.25 bits per heavy atom. The maximum absolute atomic E-state index is 5.19. The van der Waals surface area contributed by atoms with E-state index in [1.54, 1.807) is 7.11 Å². The lowest BCUT2D eigenvalue weighted by atomic mass is 10.1. The molecule has 0 unspecified atom stereocenters. The molecule has 16 heavy (non-hydrogen) atoms. The molecule has 90 valence electrons. The van der Waals surface area contributed by atoms with Crippen LogP contribution in [0.25, 0.3) is 0 Å². The van der Waals surface area contributed by atoms with Crippen molar-refractivity contribution in [2.45, 2.75) is 44.8 Å². The lowest BCUT2D eigenvalue weighted by Gasteiger charge is -2.24. The smallest absolute Gasteiger partial charge is 0.165 e. The van der Waals surface area contributed by atoms with E-state index in [0.29, 0.717) is 12.6 Å². The topological polar surface area (TPSA) is 64.9 Å². The van der Waals surface area contributed by atoms with Crippen molar-refractivity contribution >= 4 is 0 Å². The summed E-state index contributed by atoms with van der Waals surface area (Å²) < 4.78 is 7.03. The minimum Gasteiger partial charge on any atom is -0.382 e. The van der Waals surface area contributed by atoms with Crippen LogP contribution in [-0.4, -0.2) is 40.0 Å². The Morgan fingerprint density at radius 3 is 2.88 bits per heavy atom. The highest BCUT2D eigenvalue weighted by molar-refractivity contribution is 4.91. The van der Waals surface area contributed by atoms with Gasteiger partial charge in [-0.15, -0.1) is 5.10 Å². The number of nitrogens with zero attached hydrogens (tertiary/aromatic N) is 4. The molecule has 0 radical (unpaired) electrons. The van der Waals surface area contributed by atoms with Gasteiger partial charge in [-0.2, -0.15) is 0 Å². The van der Waals surface area contributed by atoms with Crippen LogP contribution < -0.4 is 5.32 Å². The van der Waals surface area contributed by atoms with E-state index < -0.39 is 0 Å². The van der Waals surface area contributed by atoms with E-state index in [2.05, 4.69) is 34.7 Å². The molecular formula is C10H19N5O. The SMILES string of the molecule is COCC(C)(C)n1nnnc1CNC1CC1. The molecule has 0 amide bonds. The first kappa shape index (κ1) is 11.5. The van der Waals surface area contributed by atoms with Gasteiger partial charge in [0, 0.05) is 13.2 Å². The van der Waals surface area contributed by atoms with Crippen LogP contribution in [-0.2, 0) is 16.8 Å². The molecule has 1 aliphatic carbocycles. The van der Waals surface area contributed by atoms with Gasteiger partial charge in [-0.1, -0.05) is 0 Å². The highest BCUT2D eigenvalue weighted by Gasteiger charge is 2.27. The minimum absolute atomic E-state index is 0.210. The highest BCUT2D eigenvalue weighted by atomic mass is 16.5. The van der Waals surface area contributed by atoms with Gasteiger partial charge in [-0.05, 0) is 37.1 Å². The summed E-state index contributed by atoms with van der Waals surface area (Å²) >= 11 is 0.